The maximum absolute atomic E-state index is 12.2. The van der Waals surface area contributed by atoms with Crippen molar-refractivity contribution in [2.24, 2.45) is 0 Å². The minimum absolute atomic E-state index is 0.265. The highest BCUT2D eigenvalue weighted by Gasteiger charge is 2.23. The van der Waals surface area contributed by atoms with Crippen LogP contribution < -0.4 is 10.1 Å². The molecule has 0 saturated carbocycles. The molecule has 1 aromatic carbocycles. The van der Waals surface area contributed by atoms with E-state index < -0.39 is 12.0 Å². The summed E-state index contributed by atoms with van der Waals surface area (Å²) in [5, 5.41) is 12.0. The fraction of sp³-hybridized carbons (Fsp3) is 0.412. The molecule has 0 bridgehead atoms. The molecule has 0 radical (unpaired) electrons. The summed E-state index contributed by atoms with van der Waals surface area (Å²) in [6, 6.07) is 3.89. The van der Waals surface area contributed by atoms with E-state index in [1.54, 1.807) is 18.2 Å². The summed E-state index contributed by atoms with van der Waals surface area (Å²) in [5.41, 5.74) is 1.59. The number of allylic oxidation sites excluding steroid dienone is 1. The largest absolute Gasteiger partial charge is 0.496 e. The van der Waals surface area contributed by atoms with Gasteiger partial charge in [-0.05, 0) is 59.3 Å². The number of hydrogen-bond donors (Lipinski definition) is 2. The second-order valence-electron chi connectivity index (χ2n) is 5.52. The van der Waals surface area contributed by atoms with E-state index in [4.69, 9.17) is 4.74 Å². The summed E-state index contributed by atoms with van der Waals surface area (Å²) >= 11 is 3.33. The molecule has 5 nitrogen and oxygen atoms in total. The predicted molar refractivity (Wildman–Crippen MR) is 90.4 cm³/mol. The monoisotopic (exact) mass is 381 g/mol. The van der Waals surface area contributed by atoms with Crippen LogP contribution in [0.25, 0.3) is 0 Å². The Morgan fingerprint density at radius 3 is 2.74 bits per heavy atom. The summed E-state index contributed by atoms with van der Waals surface area (Å²) in [4.78, 5) is 23.7. The smallest absolute Gasteiger partial charge is 0.330 e. The van der Waals surface area contributed by atoms with Gasteiger partial charge >= 0.3 is 5.97 Å². The first-order valence-electron chi connectivity index (χ1n) is 7.54. The molecule has 0 aromatic heterocycles. The van der Waals surface area contributed by atoms with Crippen LogP contribution in [0, 0.1) is 0 Å². The van der Waals surface area contributed by atoms with Crippen LogP contribution in [0.15, 0.2) is 34.3 Å². The summed E-state index contributed by atoms with van der Waals surface area (Å²) < 4.78 is 5.78. The van der Waals surface area contributed by atoms with Crippen LogP contribution in [0.3, 0.4) is 0 Å². The predicted octanol–water partition coefficient (Wildman–Crippen LogP) is 3.59. The molecule has 2 rings (SSSR count). The first-order valence-corrected chi connectivity index (χ1v) is 8.34. The average Bonchev–Trinajstić information content (AvgIpc) is 2.53. The molecular weight excluding hydrogens is 362 g/mol. The molecule has 1 amide bonds. The number of methoxy groups -OCH3 is 1. The Bertz CT molecular complexity index is 627. The maximum Gasteiger partial charge on any atom is 0.330 e. The number of hydrogen-bond acceptors (Lipinski definition) is 3. The molecule has 1 unspecified atom stereocenters. The topological polar surface area (TPSA) is 75.6 Å². The second kappa shape index (κ2) is 8.15. The molecule has 0 saturated heterocycles. The average molecular weight is 382 g/mol. The van der Waals surface area contributed by atoms with Crippen LogP contribution in [0.1, 0.15) is 43.7 Å². The summed E-state index contributed by atoms with van der Waals surface area (Å²) in [5.74, 6) is -0.748. The molecule has 1 aliphatic carbocycles. The van der Waals surface area contributed by atoms with Crippen molar-refractivity contribution >= 4 is 27.8 Å². The van der Waals surface area contributed by atoms with Gasteiger partial charge in [-0.1, -0.05) is 17.7 Å². The maximum atomic E-state index is 12.2. The molecule has 0 fully saturated rings. The molecule has 0 heterocycles. The van der Waals surface area contributed by atoms with Crippen molar-refractivity contribution in [2.45, 2.75) is 38.1 Å². The van der Waals surface area contributed by atoms with Gasteiger partial charge in [-0.15, -0.1) is 0 Å². The van der Waals surface area contributed by atoms with Crippen molar-refractivity contribution in [1.29, 1.82) is 0 Å². The van der Waals surface area contributed by atoms with E-state index in [2.05, 4.69) is 27.3 Å². The van der Waals surface area contributed by atoms with E-state index in [0.717, 1.165) is 31.3 Å². The number of carbonyl (C=O) groups excluding carboxylic acids is 1. The van der Waals surface area contributed by atoms with Gasteiger partial charge in [-0.25, -0.2) is 4.79 Å². The number of rotatable bonds is 6. The fourth-order valence-electron chi connectivity index (χ4n) is 2.63. The number of carboxylic acid groups (broad SMARTS) is 1. The van der Waals surface area contributed by atoms with E-state index >= 15 is 0 Å². The van der Waals surface area contributed by atoms with Crippen molar-refractivity contribution in [3.63, 3.8) is 0 Å². The van der Waals surface area contributed by atoms with Crippen molar-refractivity contribution < 1.29 is 19.4 Å². The van der Waals surface area contributed by atoms with Gasteiger partial charge in [0.2, 0.25) is 5.91 Å². The van der Waals surface area contributed by atoms with Gasteiger partial charge in [0.15, 0.2) is 6.04 Å². The van der Waals surface area contributed by atoms with Gasteiger partial charge in [0, 0.05) is 6.42 Å². The first kappa shape index (κ1) is 17.5. The van der Waals surface area contributed by atoms with Gasteiger partial charge in [0.25, 0.3) is 0 Å². The minimum atomic E-state index is -1.09. The van der Waals surface area contributed by atoms with Gasteiger partial charge in [-0.3, -0.25) is 4.79 Å². The Morgan fingerprint density at radius 1 is 1.39 bits per heavy atom. The normalized spacial score (nSPS) is 15.5. The standard InChI is InChI=1S/C17H20BrNO4/c1-23-14-8-7-12(10-13(14)18)16(17(21)22)19-15(20)9-11-5-3-2-4-6-11/h5,7-8,10,16H,2-4,6,9H2,1H3,(H,19,20)(H,21,22). The van der Waals surface area contributed by atoms with Gasteiger partial charge in [0.1, 0.15) is 5.75 Å². The van der Waals surface area contributed by atoms with Crippen LogP contribution in [0.2, 0.25) is 0 Å². The van der Waals surface area contributed by atoms with E-state index in [9.17, 15) is 14.7 Å². The third kappa shape index (κ3) is 4.82. The van der Waals surface area contributed by atoms with Gasteiger partial charge in [-0.2, -0.15) is 0 Å². The van der Waals surface area contributed by atoms with Crippen LogP contribution in [0.4, 0.5) is 0 Å². The van der Waals surface area contributed by atoms with Crippen LogP contribution in [0.5, 0.6) is 5.75 Å². The van der Waals surface area contributed by atoms with Crippen molar-refractivity contribution in [3.05, 3.63) is 39.9 Å². The molecule has 23 heavy (non-hydrogen) atoms. The molecule has 1 atom stereocenters. The minimum Gasteiger partial charge on any atom is -0.496 e. The Balaban J connectivity index is 2.09. The lowest BCUT2D eigenvalue weighted by Gasteiger charge is -2.18. The van der Waals surface area contributed by atoms with Gasteiger partial charge < -0.3 is 15.2 Å². The second-order valence-corrected chi connectivity index (χ2v) is 6.37. The number of aliphatic carboxylic acids is 1. The lowest BCUT2D eigenvalue weighted by molar-refractivity contribution is -0.142. The van der Waals surface area contributed by atoms with Crippen LogP contribution >= 0.6 is 15.9 Å². The molecular formula is C17H20BrNO4. The summed E-state index contributed by atoms with van der Waals surface area (Å²) in [7, 11) is 1.54. The Labute approximate surface area is 143 Å². The Morgan fingerprint density at radius 2 is 2.17 bits per heavy atom. The molecule has 1 aliphatic rings. The highest BCUT2D eigenvalue weighted by molar-refractivity contribution is 9.10. The Kier molecular flexibility index (Phi) is 6.21. The first-order chi connectivity index (χ1) is 11.0. The zero-order valence-corrected chi connectivity index (χ0v) is 14.6. The van der Waals surface area contributed by atoms with E-state index in [-0.39, 0.29) is 12.3 Å². The van der Waals surface area contributed by atoms with Crippen molar-refractivity contribution in [3.8, 4) is 5.75 Å². The third-order valence-electron chi connectivity index (χ3n) is 3.83. The third-order valence-corrected chi connectivity index (χ3v) is 4.45. The molecule has 0 spiro atoms. The summed E-state index contributed by atoms with van der Waals surface area (Å²) in [6.07, 6.45) is 6.51. The molecule has 2 N–H and O–H groups in total. The SMILES string of the molecule is COc1ccc(C(NC(=O)CC2=CCCCC2)C(=O)O)cc1Br. The lowest BCUT2D eigenvalue weighted by atomic mass is 9.96. The van der Waals surface area contributed by atoms with Crippen LogP contribution in [-0.2, 0) is 9.59 Å². The summed E-state index contributed by atoms with van der Waals surface area (Å²) in [6.45, 7) is 0. The van der Waals surface area contributed by atoms with Crippen molar-refractivity contribution in [2.75, 3.05) is 7.11 Å². The number of amides is 1. The highest BCUT2D eigenvalue weighted by atomic mass is 79.9. The number of ether oxygens (including phenoxy) is 1. The van der Waals surface area contributed by atoms with Gasteiger partial charge in [0.05, 0.1) is 11.6 Å². The number of carbonyl (C=O) groups is 2. The van der Waals surface area contributed by atoms with Crippen LogP contribution in [-0.4, -0.2) is 24.1 Å². The molecule has 1 aromatic rings. The molecule has 6 heteroatoms. The quantitative estimate of drug-likeness (QED) is 0.738. The number of benzene rings is 1. The number of nitrogens with one attached hydrogen (secondary N) is 1. The zero-order chi connectivity index (χ0) is 16.8. The van der Waals surface area contributed by atoms with E-state index in [0.29, 0.717) is 15.8 Å². The molecule has 124 valence electrons. The number of carboxylic acids is 1. The lowest BCUT2D eigenvalue weighted by Crippen LogP contribution is -2.34. The van der Waals surface area contributed by atoms with E-state index in [1.807, 2.05) is 0 Å². The highest BCUT2D eigenvalue weighted by Crippen LogP contribution is 2.28. The molecule has 0 aliphatic heterocycles. The van der Waals surface area contributed by atoms with E-state index in [1.165, 1.54) is 7.11 Å². The fourth-order valence-corrected chi connectivity index (χ4v) is 3.19. The zero-order valence-electron chi connectivity index (χ0n) is 13.0. The number of halogens is 1. The Hall–Kier alpha value is -1.82. The van der Waals surface area contributed by atoms with Crippen molar-refractivity contribution in [1.82, 2.24) is 5.32 Å².